The van der Waals surface area contributed by atoms with Crippen LogP contribution in [0.15, 0.2) is 53.0 Å². The first-order valence-corrected chi connectivity index (χ1v) is 7.89. The molecule has 0 atom stereocenters. The van der Waals surface area contributed by atoms with Gasteiger partial charge in [-0.3, -0.25) is 9.59 Å². The molecule has 2 aromatic rings. The van der Waals surface area contributed by atoms with Crippen molar-refractivity contribution >= 4 is 39.1 Å². The van der Waals surface area contributed by atoms with Crippen LogP contribution in [0.4, 0.5) is 11.4 Å². The smallest absolute Gasteiger partial charge is 0.255 e. The van der Waals surface area contributed by atoms with Crippen LogP contribution < -0.4 is 10.6 Å². The molecule has 1 aliphatic rings. The highest BCUT2D eigenvalue weighted by atomic mass is 79.9. The van der Waals surface area contributed by atoms with E-state index in [9.17, 15) is 9.59 Å². The fourth-order valence-electron chi connectivity index (χ4n) is 2.06. The fraction of sp³-hybridized carbons (Fsp3) is 0.176. The van der Waals surface area contributed by atoms with Crippen molar-refractivity contribution in [3.05, 3.63) is 58.6 Å². The predicted octanol–water partition coefficient (Wildman–Crippen LogP) is 4.05. The first-order valence-electron chi connectivity index (χ1n) is 7.10. The van der Waals surface area contributed by atoms with E-state index in [2.05, 4.69) is 26.6 Å². The molecular formula is C17H15BrN2O2. The Hall–Kier alpha value is -2.14. The van der Waals surface area contributed by atoms with E-state index in [1.54, 1.807) is 36.4 Å². The van der Waals surface area contributed by atoms with Gasteiger partial charge < -0.3 is 10.6 Å². The summed E-state index contributed by atoms with van der Waals surface area (Å²) in [5.74, 6) is 0.0814. The lowest BCUT2D eigenvalue weighted by Gasteiger charge is -2.08. The molecule has 22 heavy (non-hydrogen) atoms. The maximum absolute atomic E-state index is 12.1. The highest BCUT2D eigenvalue weighted by molar-refractivity contribution is 9.10. The molecule has 2 amide bonds. The number of hydrogen-bond donors (Lipinski definition) is 2. The Kier molecular flexibility index (Phi) is 4.24. The quantitative estimate of drug-likeness (QED) is 0.865. The van der Waals surface area contributed by atoms with Gasteiger partial charge in [0.1, 0.15) is 0 Å². The zero-order valence-corrected chi connectivity index (χ0v) is 13.4. The first-order chi connectivity index (χ1) is 10.6. The molecule has 1 aliphatic carbocycles. The van der Waals surface area contributed by atoms with Crippen molar-refractivity contribution in [1.82, 2.24) is 0 Å². The third-order valence-electron chi connectivity index (χ3n) is 3.45. The van der Waals surface area contributed by atoms with Crippen LogP contribution >= 0.6 is 15.9 Å². The average Bonchev–Trinajstić information content (AvgIpc) is 3.34. The molecule has 112 valence electrons. The van der Waals surface area contributed by atoms with E-state index in [-0.39, 0.29) is 17.7 Å². The van der Waals surface area contributed by atoms with Gasteiger partial charge in [0.05, 0.1) is 0 Å². The molecule has 0 heterocycles. The minimum atomic E-state index is -0.170. The SMILES string of the molecule is O=C(Nc1ccc(NC(=O)C2CC2)cc1)c1cccc(Br)c1. The number of carbonyl (C=O) groups excluding carboxylic acids is 2. The van der Waals surface area contributed by atoms with Gasteiger partial charge in [0.15, 0.2) is 0 Å². The zero-order chi connectivity index (χ0) is 15.5. The summed E-state index contributed by atoms with van der Waals surface area (Å²) in [6.07, 6.45) is 1.96. The number of nitrogens with one attached hydrogen (secondary N) is 2. The van der Waals surface area contributed by atoms with Crippen molar-refractivity contribution in [2.75, 3.05) is 10.6 Å². The van der Waals surface area contributed by atoms with Gasteiger partial charge in [0.2, 0.25) is 5.91 Å². The summed E-state index contributed by atoms with van der Waals surface area (Å²) >= 11 is 3.34. The number of anilines is 2. The van der Waals surface area contributed by atoms with Crippen molar-refractivity contribution in [2.24, 2.45) is 5.92 Å². The molecule has 0 bridgehead atoms. The molecule has 2 aromatic carbocycles. The largest absolute Gasteiger partial charge is 0.326 e. The zero-order valence-electron chi connectivity index (χ0n) is 11.8. The van der Waals surface area contributed by atoms with Crippen LogP contribution in [0.25, 0.3) is 0 Å². The van der Waals surface area contributed by atoms with Crippen molar-refractivity contribution in [3.63, 3.8) is 0 Å². The number of amides is 2. The number of benzene rings is 2. The molecule has 3 rings (SSSR count). The minimum absolute atomic E-state index is 0.0749. The number of rotatable bonds is 4. The number of hydrogen-bond acceptors (Lipinski definition) is 2. The lowest BCUT2D eigenvalue weighted by molar-refractivity contribution is -0.117. The molecule has 0 spiro atoms. The third-order valence-corrected chi connectivity index (χ3v) is 3.94. The summed E-state index contributed by atoms with van der Waals surface area (Å²) in [6.45, 7) is 0. The maximum Gasteiger partial charge on any atom is 0.255 e. The van der Waals surface area contributed by atoms with Crippen molar-refractivity contribution in [3.8, 4) is 0 Å². The monoisotopic (exact) mass is 358 g/mol. The average molecular weight is 359 g/mol. The molecule has 0 unspecified atom stereocenters. The van der Waals surface area contributed by atoms with Crippen molar-refractivity contribution in [2.45, 2.75) is 12.8 Å². The Balaban J connectivity index is 1.63. The van der Waals surface area contributed by atoms with Gasteiger partial charge in [-0.25, -0.2) is 0 Å². The summed E-state index contributed by atoms with van der Waals surface area (Å²) in [5, 5.41) is 5.69. The van der Waals surface area contributed by atoms with Crippen molar-refractivity contribution in [1.29, 1.82) is 0 Å². The van der Waals surface area contributed by atoms with E-state index in [0.29, 0.717) is 11.3 Å². The Labute approximate surface area is 137 Å². The van der Waals surface area contributed by atoms with E-state index in [1.807, 2.05) is 12.1 Å². The minimum Gasteiger partial charge on any atom is -0.326 e. The summed E-state index contributed by atoms with van der Waals surface area (Å²) in [6, 6.07) is 14.3. The number of carbonyl (C=O) groups is 2. The van der Waals surface area contributed by atoms with E-state index < -0.39 is 0 Å². The molecule has 0 radical (unpaired) electrons. The Morgan fingerprint density at radius 3 is 2.18 bits per heavy atom. The summed E-state index contributed by atoms with van der Waals surface area (Å²) < 4.78 is 0.860. The van der Waals surface area contributed by atoms with Gasteiger partial charge in [-0.05, 0) is 55.3 Å². The fourth-order valence-corrected chi connectivity index (χ4v) is 2.46. The molecule has 4 nitrogen and oxygen atoms in total. The lowest BCUT2D eigenvalue weighted by atomic mass is 10.2. The van der Waals surface area contributed by atoms with Gasteiger partial charge in [0.25, 0.3) is 5.91 Å². The molecule has 2 N–H and O–H groups in total. The van der Waals surface area contributed by atoms with E-state index >= 15 is 0 Å². The van der Waals surface area contributed by atoms with E-state index in [0.717, 1.165) is 23.0 Å². The van der Waals surface area contributed by atoms with E-state index in [4.69, 9.17) is 0 Å². The highest BCUT2D eigenvalue weighted by Gasteiger charge is 2.29. The van der Waals surface area contributed by atoms with Gasteiger partial charge in [-0.15, -0.1) is 0 Å². The van der Waals surface area contributed by atoms with Gasteiger partial charge in [-0.1, -0.05) is 22.0 Å². The normalized spacial score (nSPS) is 13.5. The van der Waals surface area contributed by atoms with Crippen LogP contribution in [0.2, 0.25) is 0 Å². The third kappa shape index (κ3) is 3.74. The van der Waals surface area contributed by atoms with Crippen molar-refractivity contribution < 1.29 is 9.59 Å². The molecule has 1 saturated carbocycles. The summed E-state index contributed by atoms with van der Waals surface area (Å²) in [7, 11) is 0. The van der Waals surface area contributed by atoms with Crippen LogP contribution in [0, 0.1) is 5.92 Å². The Morgan fingerprint density at radius 2 is 1.59 bits per heavy atom. The molecular weight excluding hydrogens is 344 g/mol. The second kappa shape index (κ2) is 6.32. The Morgan fingerprint density at radius 1 is 0.955 bits per heavy atom. The summed E-state index contributed by atoms with van der Waals surface area (Å²) in [4.78, 5) is 23.8. The van der Waals surface area contributed by atoms with Gasteiger partial charge >= 0.3 is 0 Å². The molecule has 5 heteroatoms. The van der Waals surface area contributed by atoms with Crippen LogP contribution in [0.5, 0.6) is 0 Å². The topological polar surface area (TPSA) is 58.2 Å². The van der Waals surface area contributed by atoms with Gasteiger partial charge in [-0.2, -0.15) is 0 Å². The van der Waals surface area contributed by atoms with Crippen LogP contribution in [0.1, 0.15) is 23.2 Å². The Bertz CT molecular complexity index is 709. The summed E-state index contributed by atoms with van der Waals surface area (Å²) in [5.41, 5.74) is 2.02. The number of halogens is 1. The van der Waals surface area contributed by atoms with E-state index in [1.165, 1.54) is 0 Å². The lowest BCUT2D eigenvalue weighted by Crippen LogP contribution is -2.14. The van der Waals surface area contributed by atoms with Crippen LogP contribution in [-0.4, -0.2) is 11.8 Å². The molecule has 0 aliphatic heterocycles. The molecule has 0 aromatic heterocycles. The van der Waals surface area contributed by atoms with Crippen LogP contribution in [-0.2, 0) is 4.79 Å². The standard InChI is InChI=1S/C17H15BrN2O2/c18-13-3-1-2-12(10-13)17(22)20-15-8-6-14(7-9-15)19-16(21)11-4-5-11/h1-3,6-11H,4-5H2,(H,19,21)(H,20,22). The predicted molar refractivity (Wildman–Crippen MR) is 89.9 cm³/mol. The molecule has 0 saturated heterocycles. The van der Waals surface area contributed by atoms with Gasteiger partial charge in [0, 0.05) is 27.3 Å². The van der Waals surface area contributed by atoms with Crippen LogP contribution in [0.3, 0.4) is 0 Å². The maximum atomic E-state index is 12.1. The molecule has 1 fully saturated rings. The highest BCUT2D eigenvalue weighted by Crippen LogP contribution is 2.30. The second-order valence-electron chi connectivity index (χ2n) is 5.31. The first kappa shape index (κ1) is 14.8. The second-order valence-corrected chi connectivity index (χ2v) is 6.22.